The van der Waals surface area contributed by atoms with Gasteiger partial charge in [-0.2, -0.15) is 4.79 Å². The molecule has 1 saturated carbocycles. The molecule has 5 atom stereocenters. The van der Waals surface area contributed by atoms with E-state index < -0.39 is 48.2 Å². The predicted molar refractivity (Wildman–Crippen MR) is 427 cm³/mol. The molecule has 1 spiro atoms. The number of aromatic nitrogens is 3. The van der Waals surface area contributed by atoms with E-state index in [-0.39, 0.29) is 156 Å². The Bertz CT molecular complexity index is 4760. The first-order valence-electron chi connectivity index (χ1n) is 39.0. The molecule has 13 rings (SSSR count). The van der Waals surface area contributed by atoms with Crippen molar-refractivity contribution in [1.82, 2.24) is 40.9 Å². The number of amides is 8. The number of para-hydroxylation sites is 1. The third-order valence-electron chi connectivity index (χ3n) is 21.4. The van der Waals surface area contributed by atoms with Gasteiger partial charge >= 0.3 is 6.09 Å². The van der Waals surface area contributed by atoms with Crippen LogP contribution in [0.25, 0.3) is 28.1 Å². The second-order valence-corrected chi connectivity index (χ2v) is 29.6. The highest BCUT2D eigenvalue weighted by Gasteiger charge is 2.58. The van der Waals surface area contributed by atoms with Crippen LogP contribution < -0.4 is 65.9 Å². The summed E-state index contributed by atoms with van der Waals surface area (Å²) in [5.74, 6) is 5.37. The van der Waals surface area contributed by atoms with E-state index in [1.165, 1.54) is 38.1 Å². The first-order valence-corrected chi connectivity index (χ1v) is 39.0. The third-order valence-corrected chi connectivity index (χ3v) is 21.4. The van der Waals surface area contributed by atoms with Gasteiger partial charge in [-0.15, -0.1) is 5.10 Å². The number of nitrogens with zero attached hydrogens (tertiary/aromatic N) is 7. The average molecular weight is 1590 g/mol. The molecular formula is C84H99N13O19. The molecule has 1 saturated heterocycles. The van der Waals surface area contributed by atoms with Crippen molar-refractivity contribution >= 4 is 75.8 Å². The Balaban J connectivity index is 0.499. The van der Waals surface area contributed by atoms with E-state index in [2.05, 4.69) is 36.9 Å². The quantitative estimate of drug-likeness (QED) is 0.0145. The zero-order chi connectivity index (χ0) is 81.6. The fraction of sp³-hybridized carbons (Fsp3) is 0.429. The van der Waals surface area contributed by atoms with Gasteiger partial charge in [0, 0.05) is 80.5 Å². The van der Waals surface area contributed by atoms with Crippen LogP contribution in [-0.4, -0.2) is 215 Å². The van der Waals surface area contributed by atoms with E-state index in [4.69, 9.17) is 53.2 Å². The second-order valence-electron chi connectivity index (χ2n) is 29.6. The first kappa shape index (κ1) is 82.2. The normalized spacial score (nSPS) is 17.2. The van der Waals surface area contributed by atoms with Crippen LogP contribution in [-0.2, 0) is 60.8 Å². The zero-order valence-electron chi connectivity index (χ0n) is 65.9. The Kier molecular flexibility index (Phi) is 26.6. The number of aliphatic hydroxyl groups is 1. The van der Waals surface area contributed by atoms with Gasteiger partial charge in [-0.1, -0.05) is 80.6 Å². The number of hydrogen-bond donors (Lipinski definition) is 7. The lowest BCUT2D eigenvalue weighted by atomic mass is 9.95. The van der Waals surface area contributed by atoms with Gasteiger partial charge in [0.25, 0.3) is 11.8 Å². The van der Waals surface area contributed by atoms with Crippen LogP contribution in [0.2, 0.25) is 0 Å². The van der Waals surface area contributed by atoms with Crippen LogP contribution in [0, 0.1) is 11.3 Å². The van der Waals surface area contributed by atoms with Gasteiger partial charge < -0.3 is 99.6 Å². The molecule has 0 radical (unpaired) electrons. The molecule has 6 heterocycles. The van der Waals surface area contributed by atoms with E-state index >= 15 is 0 Å². The van der Waals surface area contributed by atoms with Gasteiger partial charge in [-0.05, 0) is 114 Å². The summed E-state index contributed by atoms with van der Waals surface area (Å²) in [5.41, 5.74) is 8.40. The monoisotopic (exact) mass is 1590 g/mol. The Morgan fingerprint density at radius 2 is 1.31 bits per heavy atom. The maximum Gasteiger partial charge on any atom is 0.416 e. The number of hydrogen-bond acceptors (Lipinski definition) is 23. The number of nitrogens with one attached hydrogen (secondary N) is 5. The number of fused-ring (bicyclic) bond motifs is 9. The van der Waals surface area contributed by atoms with E-state index in [1.54, 1.807) is 72.1 Å². The number of benzene rings is 6. The highest BCUT2D eigenvalue weighted by atomic mass is 16.6. The SMILES string of the molecule is COc1ccc(C2=CN3C(=O)c4cc(OC)c(OCCCOc5cc6c(cc5OC)C(=O)N5CC7(CC7)C[C@H]5C(O)N6C(=O)OCc5ccc(NC(=O)[C@H](C)NC(=O)[C@@H](NC(=O)CCOCCOCCOCCOCCC(=O)NCCC(=O)N6Cc7ccccc7-c7c(nnn7N)-c7ccccc76)C(C)C)cc5)cc4NC[C@@H]3C2)cc1. The van der Waals surface area contributed by atoms with E-state index in [0.717, 1.165) is 51.3 Å². The Morgan fingerprint density at radius 1 is 0.664 bits per heavy atom. The maximum absolute atomic E-state index is 14.5. The molecule has 614 valence electrons. The first-order chi connectivity index (χ1) is 56.2. The van der Waals surface area contributed by atoms with E-state index in [9.17, 15) is 43.5 Å². The molecule has 2 fully saturated rings. The predicted octanol–water partition coefficient (Wildman–Crippen LogP) is 7.83. The molecule has 7 aromatic rings. The molecule has 1 aliphatic carbocycles. The highest BCUT2D eigenvalue weighted by molar-refractivity contribution is 6.07. The summed E-state index contributed by atoms with van der Waals surface area (Å²) in [5, 5.41) is 35.1. The van der Waals surface area contributed by atoms with Gasteiger partial charge in [0.1, 0.15) is 35.8 Å². The van der Waals surface area contributed by atoms with Crippen LogP contribution in [0.4, 0.5) is 27.5 Å². The van der Waals surface area contributed by atoms with Crippen molar-refractivity contribution in [3.05, 3.63) is 155 Å². The van der Waals surface area contributed by atoms with Gasteiger partial charge in [-0.3, -0.25) is 33.6 Å². The second kappa shape index (κ2) is 37.6. The van der Waals surface area contributed by atoms with Crippen molar-refractivity contribution in [3.63, 3.8) is 0 Å². The number of ether oxygens (including phenoxy) is 10. The van der Waals surface area contributed by atoms with E-state index in [0.29, 0.717) is 96.6 Å². The molecule has 8 N–H and O–H groups in total. The summed E-state index contributed by atoms with van der Waals surface area (Å²) < 4.78 is 57.6. The summed E-state index contributed by atoms with van der Waals surface area (Å²) in [6, 6.07) is 33.1. The molecule has 6 aromatic carbocycles. The summed E-state index contributed by atoms with van der Waals surface area (Å²) in [6.45, 7) is 8.24. The molecule has 32 nitrogen and oxygen atoms in total. The topological polar surface area (TPSA) is 379 Å². The average Bonchev–Trinajstić information content (AvgIpc) is 1.56. The molecule has 1 unspecified atom stereocenters. The van der Waals surface area contributed by atoms with Crippen LogP contribution in [0.1, 0.15) is 110 Å². The number of nitrogens with two attached hydrogens (primary N) is 1. The highest BCUT2D eigenvalue weighted by Crippen LogP contribution is 2.57. The third kappa shape index (κ3) is 19.2. The standard InChI is InChI=1S/C84H99N13O19/c1-51(2)75(90-73(99)26-33-111-35-37-113-39-38-112-36-34-110-32-25-72(98)86-29-24-74(100)94-47-55-12-7-8-13-60(55)77-76(91-92-97(77)85)61-14-9-10-15-65(61)94)79(102)88-52(3)78(101)89-57-20-16-53(17-21-57)49-116-83(106)96-66-44-71(69(109-6)42-63(66)81(104)95-50-84(27-28-84)45-67(95)82(96)105)115-31-11-30-114-70-43-64-62(41-68(70)108-5)80(103)93-48-56(40-58(93)46-87-64)54-18-22-59(107-4)23-19-54/h7-10,12-23,41-44,48,51-52,58,67,75,82,87,105H,11,24-40,45-47,49-50,85H2,1-6H3,(H,86,98)(H,88,102)(H,89,101)(H,90,99)/t52-,58-,67-,75-,82?/m0/s1. The molecule has 5 aliphatic heterocycles. The van der Waals surface area contributed by atoms with Crippen LogP contribution >= 0.6 is 0 Å². The van der Waals surface area contributed by atoms with Crippen molar-refractivity contribution in [2.75, 3.05) is 133 Å². The van der Waals surface area contributed by atoms with Gasteiger partial charge in [0.2, 0.25) is 29.5 Å². The van der Waals surface area contributed by atoms with Crippen LogP contribution in [0.3, 0.4) is 0 Å². The maximum atomic E-state index is 14.5. The number of methoxy groups -OCH3 is 3. The van der Waals surface area contributed by atoms with Crippen LogP contribution in [0.5, 0.6) is 28.7 Å². The van der Waals surface area contributed by atoms with Gasteiger partial charge in [0.05, 0.1) is 134 Å². The lowest BCUT2D eigenvalue weighted by Gasteiger charge is -2.31. The summed E-state index contributed by atoms with van der Waals surface area (Å²) >= 11 is 0. The van der Waals surface area contributed by atoms with Crippen molar-refractivity contribution in [2.24, 2.45) is 11.3 Å². The minimum absolute atomic E-state index is 0.0332. The summed E-state index contributed by atoms with van der Waals surface area (Å²) in [6.07, 6.45) is 2.95. The Labute approximate surface area is 671 Å². The fourth-order valence-corrected chi connectivity index (χ4v) is 14.9. The summed E-state index contributed by atoms with van der Waals surface area (Å²) in [4.78, 5) is 117. The van der Waals surface area contributed by atoms with E-state index in [1.807, 2.05) is 79.0 Å². The number of carbonyl (C=O) groups excluding carboxylic acids is 8. The molecule has 8 amide bonds. The number of aliphatic hydroxyl groups excluding tert-OH is 1. The van der Waals surface area contributed by atoms with Crippen molar-refractivity contribution in [3.8, 4) is 51.3 Å². The van der Waals surface area contributed by atoms with Gasteiger partial charge in [-0.25, -0.2) is 9.69 Å². The lowest BCUT2D eigenvalue weighted by Crippen LogP contribution is -2.53. The number of carbonyl (C=O) groups is 8. The summed E-state index contributed by atoms with van der Waals surface area (Å²) in [7, 11) is 4.58. The molecule has 116 heavy (non-hydrogen) atoms. The number of anilines is 4. The smallest absolute Gasteiger partial charge is 0.416 e. The Hall–Kier alpha value is -11.8. The molecule has 6 aliphatic rings. The molecule has 1 aromatic heterocycles. The Morgan fingerprint density at radius 3 is 1.98 bits per heavy atom. The fourth-order valence-electron chi connectivity index (χ4n) is 14.9. The largest absolute Gasteiger partial charge is 0.497 e. The van der Waals surface area contributed by atoms with Crippen molar-refractivity contribution in [2.45, 2.75) is 116 Å². The molecule has 0 bridgehead atoms. The minimum Gasteiger partial charge on any atom is -0.497 e. The lowest BCUT2D eigenvalue weighted by molar-refractivity contribution is -0.132. The minimum atomic E-state index is -1.49. The zero-order valence-corrected chi connectivity index (χ0v) is 65.9. The van der Waals surface area contributed by atoms with Crippen molar-refractivity contribution in [1.29, 1.82) is 0 Å². The van der Waals surface area contributed by atoms with Crippen molar-refractivity contribution < 1.29 is 90.8 Å². The molecule has 32 heteroatoms. The number of rotatable bonds is 36. The van der Waals surface area contributed by atoms with Gasteiger partial charge in [0.15, 0.2) is 29.2 Å². The molecular weight excluding hydrogens is 1490 g/mol. The number of nitrogen functional groups attached to an aromatic ring is 1. The van der Waals surface area contributed by atoms with Crippen LogP contribution in [0.15, 0.2) is 128 Å².